The van der Waals surface area contributed by atoms with Crippen molar-refractivity contribution in [3.8, 4) is 0 Å². The van der Waals surface area contributed by atoms with Gasteiger partial charge >= 0.3 is 0 Å². The van der Waals surface area contributed by atoms with Gasteiger partial charge < -0.3 is 11.1 Å². The molecule has 2 aromatic rings. The zero-order chi connectivity index (χ0) is 15.7. The van der Waals surface area contributed by atoms with E-state index in [-0.39, 0.29) is 17.4 Å². The van der Waals surface area contributed by atoms with E-state index < -0.39 is 0 Å². The van der Waals surface area contributed by atoms with Crippen LogP contribution in [0.25, 0.3) is 0 Å². The van der Waals surface area contributed by atoms with Gasteiger partial charge in [0.1, 0.15) is 10.7 Å². The highest BCUT2D eigenvalue weighted by molar-refractivity contribution is 7.09. The van der Waals surface area contributed by atoms with Crippen LogP contribution < -0.4 is 11.1 Å². The molecule has 1 aliphatic rings. The van der Waals surface area contributed by atoms with Gasteiger partial charge in [0.15, 0.2) is 0 Å². The van der Waals surface area contributed by atoms with Gasteiger partial charge in [0.25, 0.3) is 5.91 Å². The Labute approximate surface area is 134 Å². The highest BCUT2D eigenvalue weighted by Crippen LogP contribution is 2.41. The minimum absolute atomic E-state index is 0.0553. The largest absolute Gasteiger partial charge is 0.344 e. The van der Waals surface area contributed by atoms with Crippen LogP contribution in [0.3, 0.4) is 0 Å². The predicted octanol–water partition coefficient (Wildman–Crippen LogP) is 3.14. The molecule has 1 amide bonds. The van der Waals surface area contributed by atoms with Crippen molar-refractivity contribution < 1.29 is 4.79 Å². The molecular weight excluding hydrogens is 294 g/mol. The smallest absolute Gasteiger partial charge is 0.271 e. The van der Waals surface area contributed by atoms with E-state index >= 15 is 0 Å². The number of hydrogen-bond acceptors (Lipinski definition) is 4. The third kappa shape index (κ3) is 2.78. The standard InChI is InChI=1S/C17H21N3OS/c1-17(2)8-7-13(11-5-3-4-6-12(11)17)20-16(21)14-10-22-15(9-18)19-14/h3-6,10,13H,7-9,18H2,1-2H3,(H,20,21). The van der Waals surface area contributed by atoms with Gasteiger partial charge in [-0.05, 0) is 29.4 Å². The molecule has 0 saturated carbocycles. The summed E-state index contributed by atoms with van der Waals surface area (Å²) in [5, 5.41) is 5.69. The zero-order valence-electron chi connectivity index (χ0n) is 12.9. The number of rotatable bonds is 3. The van der Waals surface area contributed by atoms with Gasteiger partial charge in [-0.25, -0.2) is 4.98 Å². The molecule has 3 N–H and O–H groups in total. The van der Waals surface area contributed by atoms with E-state index in [1.807, 2.05) is 6.07 Å². The molecule has 1 aliphatic carbocycles. The Morgan fingerprint density at radius 1 is 1.45 bits per heavy atom. The molecule has 4 nitrogen and oxygen atoms in total. The number of hydrogen-bond donors (Lipinski definition) is 2. The number of carbonyl (C=O) groups is 1. The van der Waals surface area contributed by atoms with Gasteiger partial charge in [-0.2, -0.15) is 0 Å². The second kappa shape index (κ2) is 5.82. The fourth-order valence-corrected chi connectivity index (χ4v) is 3.76. The van der Waals surface area contributed by atoms with Crippen molar-refractivity contribution in [2.75, 3.05) is 0 Å². The number of nitrogens with two attached hydrogens (primary N) is 1. The number of aromatic nitrogens is 1. The van der Waals surface area contributed by atoms with Gasteiger partial charge in [-0.3, -0.25) is 4.79 Å². The number of nitrogens with zero attached hydrogens (tertiary/aromatic N) is 1. The fourth-order valence-electron chi connectivity index (χ4n) is 3.10. The van der Waals surface area contributed by atoms with Crippen LogP contribution in [-0.4, -0.2) is 10.9 Å². The lowest BCUT2D eigenvalue weighted by Crippen LogP contribution is -2.35. The van der Waals surface area contributed by atoms with Crippen LogP contribution in [0.2, 0.25) is 0 Å². The van der Waals surface area contributed by atoms with Gasteiger partial charge in [0.05, 0.1) is 6.04 Å². The van der Waals surface area contributed by atoms with Gasteiger partial charge in [0, 0.05) is 11.9 Å². The van der Waals surface area contributed by atoms with Crippen molar-refractivity contribution in [2.24, 2.45) is 5.73 Å². The van der Waals surface area contributed by atoms with E-state index in [1.54, 1.807) is 5.38 Å². The lowest BCUT2D eigenvalue weighted by atomic mass is 9.71. The highest BCUT2D eigenvalue weighted by atomic mass is 32.1. The quantitative estimate of drug-likeness (QED) is 0.914. The third-order valence-corrected chi connectivity index (χ3v) is 5.26. The molecule has 0 fully saturated rings. The van der Waals surface area contributed by atoms with Crippen LogP contribution in [0.4, 0.5) is 0 Å². The normalized spacial score (nSPS) is 19.5. The van der Waals surface area contributed by atoms with E-state index in [4.69, 9.17) is 5.73 Å². The average molecular weight is 315 g/mol. The molecule has 0 saturated heterocycles. The molecule has 22 heavy (non-hydrogen) atoms. The number of carbonyl (C=O) groups excluding carboxylic acids is 1. The second-order valence-corrected chi connectivity index (χ2v) is 7.31. The summed E-state index contributed by atoms with van der Waals surface area (Å²) >= 11 is 1.43. The summed E-state index contributed by atoms with van der Waals surface area (Å²) < 4.78 is 0. The molecule has 1 heterocycles. The second-order valence-electron chi connectivity index (χ2n) is 6.37. The first-order valence-electron chi connectivity index (χ1n) is 7.56. The molecule has 1 aromatic heterocycles. The average Bonchev–Trinajstić information content (AvgIpc) is 2.99. The Hall–Kier alpha value is -1.72. The Kier molecular flexibility index (Phi) is 4.02. The Morgan fingerprint density at radius 3 is 2.95 bits per heavy atom. The summed E-state index contributed by atoms with van der Waals surface area (Å²) in [5.41, 5.74) is 8.73. The SMILES string of the molecule is CC1(C)CCC(NC(=O)c2csc(CN)n2)c2ccccc21. The van der Waals surface area contributed by atoms with Crippen molar-refractivity contribution in [1.82, 2.24) is 10.3 Å². The summed E-state index contributed by atoms with van der Waals surface area (Å²) in [5.74, 6) is -0.115. The number of thiazole rings is 1. The summed E-state index contributed by atoms with van der Waals surface area (Å²) in [4.78, 5) is 16.7. The number of amides is 1. The van der Waals surface area contributed by atoms with Crippen LogP contribution in [0.5, 0.6) is 0 Å². The summed E-state index contributed by atoms with van der Waals surface area (Å²) in [6.07, 6.45) is 2.00. The monoisotopic (exact) mass is 315 g/mol. The van der Waals surface area contributed by atoms with Crippen LogP contribution >= 0.6 is 11.3 Å². The molecule has 0 bridgehead atoms. The molecule has 5 heteroatoms. The lowest BCUT2D eigenvalue weighted by molar-refractivity contribution is 0.0925. The van der Waals surface area contributed by atoms with E-state index in [0.717, 1.165) is 17.8 Å². The number of fused-ring (bicyclic) bond motifs is 1. The van der Waals surface area contributed by atoms with Crippen LogP contribution in [0, 0.1) is 0 Å². The number of benzene rings is 1. The topological polar surface area (TPSA) is 68.0 Å². The maximum atomic E-state index is 12.4. The van der Waals surface area contributed by atoms with Crippen LogP contribution in [0.1, 0.15) is 59.4 Å². The van der Waals surface area contributed by atoms with Crippen molar-refractivity contribution in [3.63, 3.8) is 0 Å². The van der Waals surface area contributed by atoms with Gasteiger partial charge in [0.2, 0.25) is 0 Å². The molecule has 116 valence electrons. The lowest BCUT2D eigenvalue weighted by Gasteiger charge is -2.37. The summed E-state index contributed by atoms with van der Waals surface area (Å²) in [6.45, 7) is 4.90. The van der Waals surface area contributed by atoms with E-state index in [1.165, 1.54) is 22.5 Å². The van der Waals surface area contributed by atoms with Crippen molar-refractivity contribution in [2.45, 2.75) is 44.7 Å². The first-order valence-corrected chi connectivity index (χ1v) is 8.44. The first-order chi connectivity index (χ1) is 10.5. The Bertz CT molecular complexity index is 693. The Balaban J connectivity index is 1.83. The highest BCUT2D eigenvalue weighted by Gasteiger charge is 2.33. The molecule has 0 spiro atoms. The molecule has 0 radical (unpaired) electrons. The van der Waals surface area contributed by atoms with E-state index in [0.29, 0.717) is 12.2 Å². The number of nitrogens with one attached hydrogen (secondary N) is 1. The predicted molar refractivity (Wildman–Crippen MR) is 88.9 cm³/mol. The van der Waals surface area contributed by atoms with Crippen LogP contribution in [0.15, 0.2) is 29.6 Å². The minimum Gasteiger partial charge on any atom is -0.344 e. The summed E-state index contributed by atoms with van der Waals surface area (Å²) in [7, 11) is 0. The molecule has 3 rings (SSSR count). The minimum atomic E-state index is -0.115. The van der Waals surface area contributed by atoms with E-state index in [2.05, 4.69) is 42.3 Å². The van der Waals surface area contributed by atoms with Crippen LogP contribution in [-0.2, 0) is 12.0 Å². The molecule has 1 unspecified atom stereocenters. The van der Waals surface area contributed by atoms with Crippen molar-refractivity contribution in [3.05, 3.63) is 51.5 Å². The maximum Gasteiger partial charge on any atom is 0.271 e. The van der Waals surface area contributed by atoms with E-state index in [9.17, 15) is 4.79 Å². The van der Waals surface area contributed by atoms with Crippen molar-refractivity contribution >= 4 is 17.2 Å². The molecule has 1 aromatic carbocycles. The van der Waals surface area contributed by atoms with Gasteiger partial charge in [-0.1, -0.05) is 38.1 Å². The molecule has 1 atom stereocenters. The van der Waals surface area contributed by atoms with Gasteiger partial charge in [-0.15, -0.1) is 11.3 Å². The summed E-state index contributed by atoms with van der Waals surface area (Å²) in [6, 6.07) is 8.45. The zero-order valence-corrected chi connectivity index (χ0v) is 13.7. The molecule has 0 aliphatic heterocycles. The Morgan fingerprint density at radius 2 is 2.23 bits per heavy atom. The molecular formula is C17H21N3OS. The third-order valence-electron chi connectivity index (χ3n) is 4.39. The van der Waals surface area contributed by atoms with Crippen molar-refractivity contribution in [1.29, 1.82) is 0 Å². The fraction of sp³-hybridized carbons (Fsp3) is 0.412. The maximum absolute atomic E-state index is 12.4. The first kappa shape index (κ1) is 15.2.